The summed E-state index contributed by atoms with van der Waals surface area (Å²) in [6.45, 7) is 3.23. The predicted octanol–water partition coefficient (Wildman–Crippen LogP) is 2.57. The third-order valence-electron chi connectivity index (χ3n) is 5.23. The van der Waals surface area contributed by atoms with Crippen LogP contribution in [0, 0.1) is 0 Å². The molecule has 2 atom stereocenters. The Morgan fingerprint density at radius 2 is 2.00 bits per heavy atom. The van der Waals surface area contributed by atoms with Crippen molar-refractivity contribution in [2.75, 3.05) is 38.7 Å². The molecule has 1 aliphatic heterocycles. The minimum Gasteiger partial charge on any atom is -0.383 e. The first-order valence-corrected chi connectivity index (χ1v) is 9.50. The maximum Gasteiger partial charge on any atom is 0.319 e. The van der Waals surface area contributed by atoms with Crippen LogP contribution >= 0.6 is 0 Å². The van der Waals surface area contributed by atoms with Crippen LogP contribution in [0.25, 0.3) is 5.52 Å². The quantitative estimate of drug-likeness (QED) is 0.691. The predicted molar refractivity (Wildman–Crippen MR) is 109 cm³/mol. The number of anilines is 1. The molecule has 1 saturated heterocycles. The molecule has 7 nitrogen and oxygen atoms in total. The first kappa shape index (κ1) is 18.5. The zero-order chi connectivity index (χ0) is 19.3. The zero-order valence-electron chi connectivity index (χ0n) is 15.9. The summed E-state index contributed by atoms with van der Waals surface area (Å²) in [6.07, 6.45) is 3.53. The van der Waals surface area contributed by atoms with Crippen molar-refractivity contribution in [1.82, 2.24) is 19.8 Å². The van der Waals surface area contributed by atoms with Crippen LogP contribution in [0.15, 0.2) is 60.9 Å². The summed E-state index contributed by atoms with van der Waals surface area (Å²) in [6, 6.07) is 15.9. The largest absolute Gasteiger partial charge is 0.383 e. The van der Waals surface area contributed by atoms with Crippen LogP contribution in [0.3, 0.4) is 0 Å². The molecule has 1 aliphatic rings. The molecular weight excluding hydrogens is 354 g/mol. The standard InChI is InChI=1S/C21H25N5O2/c1-28-12-11-25-14-17(16-7-3-2-4-8-16)19(15-25)24-21(27)23-18-13-22-26-10-6-5-9-20(18)26/h2-10,13,17,19H,11-12,14-15H2,1H3,(H2,23,24,27). The molecule has 7 heteroatoms. The minimum atomic E-state index is -0.210. The highest BCUT2D eigenvalue weighted by atomic mass is 16.5. The highest BCUT2D eigenvalue weighted by molar-refractivity contribution is 5.94. The van der Waals surface area contributed by atoms with Crippen LogP contribution in [0.4, 0.5) is 10.5 Å². The first-order chi connectivity index (χ1) is 13.7. The van der Waals surface area contributed by atoms with E-state index in [1.807, 2.05) is 42.6 Å². The number of amides is 2. The van der Waals surface area contributed by atoms with E-state index in [1.165, 1.54) is 5.56 Å². The second-order valence-electron chi connectivity index (χ2n) is 7.06. The van der Waals surface area contributed by atoms with Gasteiger partial charge in [0.1, 0.15) is 0 Å². The summed E-state index contributed by atoms with van der Waals surface area (Å²) in [5.74, 6) is 0.243. The van der Waals surface area contributed by atoms with Gasteiger partial charge in [0.25, 0.3) is 0 Å². The van der Waals surface area contributed by atoms with Gasteiger partial charge in [-0.25, -0.2) is 9.31 Å². The average Bonchev–Trinajstić information content (AvgIpc) is 3.31. The fourth-order valence-corrected chi connectivity index (χ4v) is 3.83. The summed E-state index contributed by atoms with van der Waals surface area (Å²) in [4.78, 5) is 15.0. The number of fused-ring (bicyclic) bond motifs is 1. The fraction of sp³-hybridized carbons (Fsp3) is 0.333. The highest BCUT2D eigenvalue weighted by Gasteiger charge is 2.34. The van der Waals surface area contributed by atoms with E-state index in [0.29, 0.717) is 12.3 Å². The number of nitrogens with one attached hydrogen (secondary N) is 2. The number of ether oxygens (including phenoxy) is 1. The van der Waals surface area contributed by atoms with Gasteiger partial charge < -0.3 is 15.4 Å². The van der Waals surface area contributed by atoms with Crippen molar-refractivity contribution in [3.8, 4) is 0 Å². The summed E-state index contributed by atoms with van der Waals surface area (Å²) in [5.41, 5.74) is 2.80. The van der Waals surface area contributed by atoms with Crippen molar-refractivity contribution in [1.29, 1.82) is 0 Å². The van der Waals surface area contributed by atoms with Crippen LogP contribution in [0.2, 0.25) is 0 Å². The van der Waals surface area contributed by atoms with Crippen molar-refractivity contribution in [2.45, 2.75) is 12.0 Å². The lowest BCUT2D eigenvalue weighted by Gasteiger charge is -2.20. The minimum absolute atomic E-state index is 0.0288. The molecule has 2 aromatic heterocycles. The van der Waals surface area contributed by atoms with Gasteiger partial charge in [-0.15, -0.1) is 0 Å². The Kier molecular flexibility index (Phi) is 5.55. The maximum atomic E-state index is 12.7. The molecule has 1 fully saturated rings. The Morgan fingerprint density at radius 3 is 2.82 bits per heavy atom. The Morgan fingerprint density at radius 1 is 1.18 bits per heavy atom. The van der Waals surface area contributed by atoms with Gasteiger partial charge in [-0.05, 0) is 17.7 Å². The number of aromatic nitrogens is 2. The Balaban J connectivity index is 1.46. The number of benzene rings is 1. The van der Waals surface area contributed by atoms with Crippen LogP contribution in [0.5, 0.6) is 0 Å². The molecule has 0 radical (unpaired) electrons. The van der Waals surface area contributed by atoms with Gasteiger partial charge in [-0.1, -0.05) is 36.4 Å². The van der Waals surface area contributed by atoms with Crippen molar-refractivity contribution in [2.24, 2.45) is 0 Å². The molecule has 4 rings (SSSR count). The molecule has 2 unspecified atom stereocenters. The van der Waals surface area contributed by atoms with E-state index in [9.17, 15) is 4.79 Å². The number of methoxy groups -OCH3 is 1. The van der Waals surface area contributed by atoms with Crippen molar-refractivity contribution in [3.05, 3.63) is 66.5 Å². The lowest BCUT2D eigenvalue weighted by molar-refractivity contribution is 0.159. The molecule has 3 heterocycles. The van der Waals surface area contributed by atoms with Gasteiger partial charge in [-0.3, -0.25) is 4.90 Å². The molecule has 0 bridgehead atoms. The molecule has 0 saturated carbocycles. The number of urea groups is 1. The lowest BCUT2D eigenvalue weighted by atomic mass is 9.94. The third kappa shape index (κ3) is 4.00. The van der Waals surface area contributed by atoms with Gasteiger partial charge in [0.15, 0.2) is 0 Å². The summed E-state index contributed by atoms with van der Waals surface area (Å²) >= 11 is 0. The van der Waals surface area contributed by atoms with Crippen molar-refractivity contribution < 1.29 is 9.53 Å². The molecule has 3 aromatic rings. The zero-order valence-corrected chi connectivity index (χ0v) is 15.9. The van der Waals surface area contributed by atoms with E-state index in [0.717, 1.165) is 25.2 Å². The molecule has 1 aromatic carbocycles. The number of nitrogens with zero attached hydrogens (tertiary/aromatic N) is 3. The van der Waals surface area contributed by atoms with Gasteiger partial charge in [0, 0.05) is 38.9 Å². The molecule has 0 spiro atoms. The van der Waals surface area contributed by atoms with E-state index < -0.39 is 0 Å². The van der Waals surface area contributed by atoms with E-state index >= 15 is 0 Å². The lowest BCUT2D eigenvalue weighted by Crippen LogP contribution is -2.42. The van der Waals surface area contributed by atoms with Gasteiger partial charge in [0.05, 0.1) is 30.0 Å². The summed E-state index contributed by atoms with van der Waals surface area (Å²) < 4.78 is 6.96. The molecular formula is C21H25N5O2. The van der Waals surface area contributed by atoms with E-state index in [2.05, 4.69) is 32.8 Å². The summed E-state index contributed by atoms with van der Waals surface area (Å²) in [7, 11) is 1.71. The Labute approximate surface area is 164 Å². The number of hydrogen-bond acceptors (Lipinski definition) is 4. The number of rotatable bonds is 6. The van der Waals surface area contributed by atoms with Crippen LogP contribution in [-0.2, 0) is 4.74 Å². The van der Waals surface area contributed by atoms with Gasteiger partial charge in [0.2, 0.25) is 0 Å². The number of carbonyl (C=O) groups is 1. The molecule has 2 N–H and O–H groups in total. The molecule has 0 aliphatic carbocycles. The normalized spacial score (nSPS) is 19.8. The maximum absolute atomic E-state index is 12.7. The van der Waals surface area contributed by atoms with Gasteiger partial charge >= 0.3 is 6.03 Å². The number of pyridine rings is 1. The molecule has 2 amide bonds. The summed E-state index contributed by atoms with van der Waals surface area (Å²) in [5, 5.41) is 10.4. The van der Waals surface area contributed by atoms with E-state index in [1.54, 1.807) is 17.8 Å². The average molecular weight is 379 g/mol. The second kappa shape index (κ2) is 8.41. The number of carbonyl (C=O) groups excluding carboxylic acids is 1. The third-order valence-corrected chi connectivity index (χ3v) is 5.23. The monoisotopic (exact) mass is 379 g/mol. The smallest absolute Gasteiger partial charge is 0.319 e. The second-order valence-corrected chi connectivity index (χ2v) is 7.06. The van der Waals surface area contributed by atoms with E-state index in [-0.39, 0.29) is 18.0 Å². The molecule has 146 valence electrons. The molecule has 28 heavy (non-hydrogen) atoms. The SMILES string of the molecule is COCCN1CC(NC(=O)Nc2cnn3ccccc23)C(c2ccccc2)C1. The number of likely N-dealkylation sites (tertiary alicyclic amines) is 1. The number of hydrogen-bond donors (Lipinski definition) is 2. The van der Waals surface area contributed by atoms with Crippen LogP contribution in [-0.4, -0.2) is 59.9 Å². The highest BCUT2D eigenvalue weighted by Crippen LogP contribution is 2.27. The van der Waals surface area contributed by atoms with E-state index in [4.69, 9.17) is 4.74 Å². The van der Waals surface area contributed by atoms with Crippen molar-refractivity contribution >= 4 is 17.2 Å². The van der Waals surface area contributed by atoms with Crippen LogP contribution in [0.1, 0.15) is 11.5 Å². The van der Waals surface area contributed by atoms with Crippen molar-refractivity contribution in [3.63, 3.8) is 0 Å². The van der Waals surface area contributed by atoms with Gasteiger partial charge in [-0.2, -0.15) is 5.10 Å². The Bertz CT molecular complexity index is 927. The first-order valence-electron chi connectivity index (χ1n) is 9.50. The topological polar surface area (TPSA) is 70.9 Å². The fourth-order valence-electron chi connectivity index (χ4n) is 3.83. The van der Waals surface area contributed by atoms with Crippen LogP contribution < -0.4 is 10.6 Å². The Hall–Kier alpha value is -2.90.